The summed E-state index contributed by atoms with van der Waals surface area (Å²) in [6.45, 7) is 3.83. The van der Waals surface area contributed by atoms with Crippen molar-refractivity contribution in [2.24, 2.45) is 0 Å². The first-order valence-corrected chi connectivity index (χ1v) is 5.65. The number of amides is 1. The summed E-state index contributed by atoms with van der Waals surface area (Å²) in [7, 11) is 0. The maximum atomic E-state index is 11.9. The average molecular weight is 252 g/mol. The highest BCUT2D eigenvalue weighted by atomic mass is 16.5. The molecule has 2 N–H and O–H groups in total. The number of carboxylic acid groups (broad SMARTS) is 1. The topological polar surface area (TPSA) is 88.5 Å². The number of pyridine rings is 1. The number of carbonyl (C=O) groups is 2. The Bertz CT molecular complexity index is 434. The molecular weight excluding hydrogens is 236 g/mol. The monoisotopic (exact) mass is 252 g/mol. The standard InChI is InChI=1S/C12H16N2O4/c1-3-18-12-9(5-4-6-13-12)11(17)14-8(2)7-10(15)16/h4-6,8H,3,7H2,1-2H3,(H,14,17)(H,15,16). The molecule has 1 aromatic rings. The fourth-order valence-electron chi connectivity index (χ4n) is 1.43. The van der Waals surface area contributed by atoms with E-state index >= 15 is 0 Å². The molecule has 1 atom stereocenters. The zero-order valence-corrected chi connectivity index (χ0v) is 10.3. The van der Waals surface area contributed by atoms with Crippen molar-refractivity contribution in [3.05, 3.63) is 23.9 Å². The smallest absolute Gasteiger partial charge is 0.305 e. The van der Waals surface area contributed by atoms with Gasteiger partial charge < -0.3 is 15.2 Å². The molecule has 0 fully saturated rings. The van der Waals surface area contributed by atoms with Crippen LogP contribution in [0.4, 0.5) is 0 Å². The minimum atomic E-state index is -0.959. The van der Waals surface area contributed by atoms with Crippen molar-refractivity contribution in [2.45, 2.75) is 26.3 Å². The van der Waals surface area contributed by atoms with Crippen LogP contribution in [0.5, 0.6) is 5.88 Å². The number of ether oxygens (including phenoxy) is 1. The van der Waals surface area contributed by atoms with E-state index < -0.39 is 12.0 Å². The van der Waals surface area contributed by atoms with Gasteiger partial charge in [-0.3, -0.25) is 9.59 Å². The Morgan fingerprint density at radius 1 is 1.56 bits per heavy atom. The number of nitrogens with one attached hydrogen (secondary N) is 1. The molecule has 0 aliphatic heterocycles. The summed E-state index contributed by atoms with van der Waals surface area (Å²) in [6, 6.07) is 2.75. The Kier molecular flexibility index (Phi) is 5.10. The Balaban J connectivity index is 2.74. The van der Waals surface area contributed by atoms with Gasteiger partial charge in [0, 0.05) is 12.2 Å². The van der Waals surface area contributed by atoms with E-state index in [4.69, 9.17) is 9.84 Å². The summed E-state index contributed by atoms with van der Waals surface area (Å²) < 4.78 is 5.23. The van der Waals surface area contributed by atoms with Crippen LogP contribution in [0.15, 0.2) is 18.3 Å². The van der Waals surface area contributed by atoms with Crippen LogP contribution in [-0.4, -0.2) is 34.6 Å². The predicted octanol–water partition coefficient (Wildman–Crippen LogP) is 1.07. The number of aliphatic carboxylic acids is 1. The Morgan fingerprint density at radius 2 is 2.28 bits per heavy atom. The summed E-state index contributed by atoms with van der Waals surface area (Å²) in [6.07, 6.45) is 1.40. The molecule has 0 bridgehead atoms. The summed E-state index contributed by atoms with van der Waals surface area (Å²) >= 11 is 0. The van der Waals surface area contributed by atoms with Crippen LogP contribution in [0, 0.1) is 0 Å². The quantitative estimate of drug-likeness (QED) is 0.790. The van der Waals surface area contributed by atoms with Crippen molar-refractivity contribution in [1.82, 2.24) is 10.3 Å². The van der Waals surface area contributed by atoms with Crippen LogP contribution < -0.4 is 10.1 Å². The molecule has 98 valence electrons. The van der Waals surface area contributed by atoms with Crippen LogP contribution in [0.1, 0.15) is 30.6 Å². The summed E-state index contributed by atoms with van der Waals surface area (Å²) in [5.74, 6) is -1.10. The van der Waals surface area contributed by atoms with E-state index in [-0.39, 0.29) is 18.2 Å². The second-order valence-electron chi connectivity index (χ2n) is 3.76. The first kappa shape index (κ1) is 14.0. The molecule has 1 rings (SSSR count). The number of nitrogens with zero attached hydrogens (tertiary/aromatic N) is 1. The van der Waals surface area contributed by atoms with Crippen LogP contribution in [0.2, 0.25) is 0 Å². The van der Waals surface area contributed by atoms with Gasteiger partial charge in [0.2, 0.25) is 5.88 Å². The molecule has 1 amide bonds. The van der Waals surface area contributed by atoms with Crippen LogP contribution >= 0.6 is 0 Å². The third kappa shape index (κ3) is 4.04. The lowest BCUT2D eigenvalue weighted by molar-refractivity contribution is -0.137. The van der Waals surface area contributed by atoms with Crippen molar-refractivity contribution in [3.63, 3.8) is 0 Å². The predicted molar refractivity (Wildman–Crippen MR) is 64.6 cm³/mol. The van der Waals surface area contributed by atoms with E-state index in [2.05, 4.69) is 10.3 Å². The second kappa shape index (κ2) is 6.58. The number of hydrogen-bond acceptors (Lipinski definition) is 4. The van der Waals surface area contributed by atoms with Crippen molar-refractivity contribution in [3.8, 4) is 5.88 Å². The Hall–Kier alpha value is -2.11. The van der Waals surface area contributed by atoms with Gasteiger partial charge in [0.1, 0.15) is 5.56 Å². The van der Waals surface area contributed by atoms with Gasteiger partial charge in [0.25, 0.3) is 5.91 Å². The normalized spacial score (nSPS) is 11.7. The third-order valence-corrected chi connectivity index (χ3v) is 2.16. The molecule has 0 spiro atoms. The van der Waals surface area contributed by atoms with Crippen molar-refractivity contribution < 1.29 is 19.4 Å². The Labute approximate surface area is 105 Å². The number of hydrogen-bond donors (Lipinski definition) is 2. The van der Waals surface area contributed by atoms with Gasteiger partial charge in [-0.15, -0.1) is 0 Å². The SMILES string of the molecule is CCOc1ncccc1C(=O)NC(C)CC(=O)O. The first-order valence-electron chi connectivity index (χ1n) is 5.65. The van der Waals surface area contributed by atoms with Gasteiger partial charge in [0.05, 0.1) is 13.0 Å². The summed E-state index contributed by atoms with van der Waals surface area (Å²) in [5, 5.41) is 11.2. The van der Waals surface area contributed by atoms with E-state index in [0.717, 1.165) is 0 Å². The third-order valence-electron chi connectivity index (χ3n) is 2.16. The van der Waals surface area contributed by atoms with Gasteiger partial charge >= 0.3 is 5.97 Å². The van der Waals surface area contributed by atoms with Gasteiger partial charge in [0.15, 0.2) is 0 Å². The molecule has 1 heterocycles. The van der Waals surface area contributed by atoms with Gasteiger partial charge in [-0.05, 0) is 26.0 Å². The zero-order chi connectivity index (χ0) is 13.5. The molecule has 0 aliphatic rings. The number of rotatable bonds is 6. The minimum Gasteiger partial charge on any atom is -0.481 e. The fraction of sp³-hybridized carbons (Fsp3) is 0.417. The molecule has 0 aromatic carbocycles. The molecule has 6 heteroatoms. The van der Waals surface area contributed by atoms with E-state index in [1.165, 1.54) is 6.20 Å². The first-order chi connectivity index (χ1) is 8.54. The molecule has 6 nitrogen and oxygen atoms in total. The molecule has 1 aromatic heterocycles. The molecule has 1 unspecified atom stereocenters. The molecule has 18 heavy (non-hydrogen) atoms. The zero-order valence-electron chi connectivity index (χ0n) is 10.3. The average Bonchev–Trinajstić information content (AvgIpc) is 2.28. The molecule has 0 aliphatic carbocycles. The fourth-order valence-corrected chi connectivity index (χ4v) is 1.43. The van der Waals surface area contributed by atoms with Crippen molar-refractivity contribution >= 4 is 11.9 Å². The molecule has 0 radical (unpaired) electrons. The number of aromatic nitrogens is 1. The van der Waals surface area contributed by atoms with E-state index in [9.17, 15) is 9.59 Å². The van der Waals surface area contributed by atoms with Gasteiger partial charge in [-0.25, -0.2) is 4.98 Å². The maximum absolute atomic E-state index is 11.9. The second-order valence-corrected chi connectivity index (χ2v) is 3.76. The highest BCUT2D eigenvalue weighted by Crippen LogP contribution is 2.14. The van der Waals surface area contributed by atoms with Gasteiger partial charge in [-0.2, -0.15) is 0 Å². The van der Waals surface area contributed by atoms with E-state index in [1.54, 1.807) is 26.0 Å². The molecular formula is C12H16N2O4. The highest BCUT2D eigenvalue weighted by Gasteiger charge is 2.16. The van der Waals surface area contributed by atoms with Crippen molar-refractivity contribution in [1.29, 1.82) is 0 Å². The van der Waals surface area contributed by atoms with Gasteiger partial charge in [-0.1, -0.05) is 0 Å². The Morgan fingerprint density at radius 3 is 2.89 bits per heavy atom. The van der Waals surface area contributed by atoms with E-state index in [0.29, 0.717) is 12.2 Å². The van der Waals surface area contributed by atoms with Crippen LogP contribution in [-0.2, 0) is 4.79 Å². The van der Waals surface area contributed by atoms with Crippen LogP contribution in [0.25, 0.3) is 0 Å². The largest absolute Gasteiger partial charge is 0.481 e. The minimum absolute atomic E-state index is 0.129. The summed E-state index contributed by atoms with van der Waals surface area (Å²) in [5.41, 5.74) is 0.302. The maximum Gasteiger partial charge on any atom is 0.305 e. The lowest BCUT2D eigenvalue weighted by Crippen LogP contribution is -2.34. The molecule has 0 saturated carbocycles. The summed E-state index contributed by atoms with van der Waals surface area (Å²) in [4.78, 5) is 26.4. The van der Waals surface area contributed by atoms with Crippen LogP contribution in [0.3, 0.4) is 0 Å². The van der Waals surface area contributed by atoms with E-state index in [1.807, 2.05) is 0 Å². The highest BCUT2D eigenvalue weighted by molar-refractivity contribution is 5.96. The lowest BCUT2D eigenvalue weighted by atomic mass is 10.2. The van der Waals surface area contributed by atoms with Crippen molar-refractivity contribution in [2.75, 3.05) is 6.61 Å². The number of carbonyl (C=O) groups excluding carboxylic acids is 1. The number of carboxylic acids is 1. The molecule has 0 saturated heterocycles. The lowest BCUT2D eigenvalue weighted by Gasteiger charge is -2.13.